The zero-order valence-electron chi connectivity index (χ0n) is 39.7. The van der Waals surface area contributed by atoms with Gasteiger partial charge in [0.15, 0.2) is 6.10 Å². The second kappa shape index (κ2) is 42.7. The molecular formula is C51H97NO7. The number of likely N-dealkylation sites (N-methyl/N-ethyl adjacent to an activating group) is 1. The predicted octanol–water partition coefficient (Wildman–Crippen LogP) is 12.9. The molecule has 59 heavy (non-hydrogen) atoms. The Kier molecular flexibility index (Phi) is 41.3. The summed E-state index contributed by atoms with van der Waals surface area (Å²) in [6.45, 7) is 4.68. The molecule has 0 heterocycles. The summed E-state index contributed by atoms with van der Waals surface area (Å²) < 4.78 is 17.2. The van der Waals surface area contributed by atoms with E-state index in [4.69, 9.17) is 14.2 Å². The van der Waals surface area contributed by atoms with Crippen LogP contribution in [-0.4, -0.2) is 75.5 Å². The van der Waals surface area contributed by atoms with Gasteiger partial charge in [-0.15, -0.1) is 0 Å². The van der Waals surface area contributed by atoms with E-state index in [0.29, 0.717) is 12.8 Å². The molecule has 348 valence electrons. The number of esters is 2. The first kappa shape index (κ1) is 57.1. The highest BCUT2D eigenvalue weighted by Crippen LogP contribution is 2.16. The van der Waals surface area contributed by atoms with Gasteiger partial charge in [-0.1, -0.05) is 199 Å². The minimum Gasteiger partial charge on any atom is -0.544 e. The van der Waals surface area contributed by atoms with Crippen LogP contribution in [0.15, 0.2) is 12.2 Å². The van der Waals surface area contributed by atoms with Crippen molar-refractivity contribution in [2.75, 3.05) is 41.0 Å². The minimum atomic E-state index is -1.12. The molecule has 0 rings (SSSR count). The lowest BCUT2D eigenvalue weighted by Crippen LogP contribution is -2.55. The Labute approximate surface area is 365 Å². The van der Waals surface area contributed by atoms with Crippen LogP contribution in [0, 0.1) is 0 Å². The number of carbonyl (C=O) groups excluding carboxylic acids is 3. The van der Waals surface area contributed by atoms with Crippen molar-refractivity contribution in [2.24, 2.45) is 0 Å². The Balaban J connectivity index is 4.15. The number of nitrogens with zero attached hydrogens (tertiary/aromatic N) is 1. The van der Waals surface area contributed by atoms with Crippen molar-refractivity contribution in [3.05, 3.63) is 12.2 Å². The summed E-state index contributed by atoms with van der Waals surface area (Å²) >= 11 is 0. The highest BCUT2D eigenvalue weighted by Gasteiger charge is 2.25. The van der Waals surface area contributed by atoms with Crippen molar-refractivity contribution in [1.82, 2.24) is 0 Å². The Bertz CT molecular complexity index is 978. The van der Waals surface area contributed by atoms with Crippen LogP contribution >= 0.6 is 0 Å². The third-order valence-electron chi connectivity index (χ3n) is 11.7. The lowest BCUT2D eigenvalue weighted by atomic mass is 10.0. The van der Waals surface area contributed by atoms with Gasteiger partial charge < -0.3 is 28.6 Å². The van der Waals surface area contributed by atoms with Crippen molar-refractivity contribution < 1.29 is 38.2 Å². The van der Waals surface area contributed by atoms with Gasteiger partial charge in [0.1, 0.15) is 12.6 Å². The molecule has 0 bridgehead atoms. The maximum absolute atomic E-state index is 12.7. The van der Waals surface area contributed by atoms with Gasteiger partial charge in [-0.05, 0) is 38.5 Å². The van der Waals surface area contributed by atoms with Crippen LogP contribution in [0.1, 0.15) is 245 Å². The molecule has 0 aliphatic carbocycles. The van der Waals surface area contributed by atoms with Crippen molar-refractivity contribution in [1.29, 1.82) is 0 Å². The van der Waals surface area contributed by atoms with E-state index in [0.717, 1.165) is 51.4 Å². The lowest BCUT2D eigenvalue weighted by molar-refractivity contribution is -0.889. The standard InChI is InChI=1S/C51H97NO7/c1-6-8-10-12-14-16-18-20-21-22-23-24-25-26-27-28-30-31-33-35-37-39-41-49(53)58-46-47(45-57-44-43-48(51(55)56)52(3,4)5)59-50(54)42-40-38-36-34-32-29-19-17-15-13-11-9-7-2/h17,19,47-48H,6-16,18,20-46H2,1-5H3/b19-17-. The summed E-state index contributed by atoms with van der Waals surface area (Å²) in [6.07, 6.45) is 46.7. The number of carboxylic acid groups (broad SMARTS) is 1. The number of allylic oxidation sites excluding steroid dienone is 2. The number of carboxylic acids is 1. The summed E-state index contributed by atoms with van der Waals surface area (Å²) in [6, 6.07) is -0.723. The number of ether oxygens (including phenoxy) is 3. The van der Waals surface area contributed by atoms with Gasteiger partial charge in [-0.3, -0.25) is 9.59 Å². The predicted molar refractivity (Wildman–Crippen MR) is 245 cm³/mol. The fourth-order valence-corrected chi connectivity index (χ4v) is 7.71. The van der Waals surface area contributed by atoms with Crippen molar-refractivity contribution in [3.63, 3.8) is 0 Å². The molecule has 0 saturated carbocycles. The zero-order chi connectivity index (χ0) is 43.5. The van der Waals surface area contributed by atoms with Crippen LogP contribution in [0.4, 0.5) is 0 Å². The summed E-state index contributed by atoms with van der Waals surface area (Å²) in [4.78, 5) is 36.9. The highest BCUT2D eigenvalue weighted by atomic mass is 16.6. The normalized spacial score (nSPS) is 12.9. The summed E-state index contributed by atoms with van der Waals surface area (Å²) in [5, 5.41) is 11.6. The second-order valence-corrected chi connectivity index (χ2v) is 18.4. The number of hydrogen-bond donors (Lipinski definition) is 0. The van der Waals surface area contributed by atoms with Gasteiger partial charge >= 0.3 is 11.9 Å². The summed E-state index contributed by atoms with van der Waals surface area (Å²) in [5.41, 5.74) is 0. The first-order valence-electron chi connectivity index (χ1n) is 25.2. The minimum absolute atomic E-state index is 0.0431. The number of hydrogen-bond acceptors (Lipinski definition) is 7. The van der Waals surface area contributed by atoms with Gasteiger partial charge in [-0.2, -0.15) is 0 Å². The molecular weight excluding hydrogens is 739 g/mol. The number of unbranched alkanes of at least 4 members (excludes halogenated alkanes) is 30. The molecule has 8 nitrogen and oxygen atoms in total. The van der Waals surface area contributed by atoms with Gasteiger partial charge in [-0.25, -0.2) is 0 Å². The molecule has 2 atom stereocenters. The molecule has 0 spiro atoms. The maximum Gasteiger partial charge on any atom is 0.306 e. The fraction of sp³-hybridized carbons (Fsp3) is 0.902. The number of quaternary nitrogens is 1. The van der Waals surface area contributed by atoms with E-state index in [1.165, 1.54) is 161 Å². The SMILES string of the molecule is CCCCCC/C=C\CCCCCCCC(=O)OC(COCCC(C(=O)[O-])[N+](C)(C)C)COC(=O)CCCCCCCCCCCCCCCCCCCCCCCC. The number of rotatable bonds is 46. The third kappa shape index (κ3) is 41.2. The average Bonchev–Trinajstić information content (AvgIpc) is 3.19. The molecule has 0 N–H and O–H groups in total. The van der Waals surface area contributed by atoms with Gasteiger partial charge in [0.25, 0.3) is 0 Å². The maximum atomic E-state index is 12.7. The fourth-order valence-electron chi connectivity index (χ4n) is 7.71. The smallest absolute Gasteiger partial charge is 0.306 e. The van der Waals surface area contributed by atoms with Crippen molar-refractivity contribution in [3.8, 4) is 0 Å². The van der Waals surface area contributed by atoms with Crippen molar-refractivity contribution >= 4 is 17.9 Å². The Morgan fingerprint density at radius 1 is 0.492 bits per heavy atom. The molecule has 8 heteroatoms. The number of aliphatic carboxylic acids is 1. The monoisotopic (exact) mass is 836 g/mol. The van der Waals surface area contributed by atoms with Crippen LogP contribution < -0.4 is 5.11 Å². The molecule has 0 aliphatic rings. The molecule has 0 aromatic carbocycles. The molecule has 0 fully saturated rings. The van der Waals surface area contributed by atoms with Crippen LogP contribution in [0.2, 0.25) is 0 Å². The lowest BCUT2D eigenvalue weighted by Gasteiger charge is -2.34. The van der Waals surface area contributed by atoms with E-state index in [2.05, 4.69) is 26.0 Å². The number of carbonyl (C=O) groups is 3. The van der Waals surface area contributed by atoms with E-state index in [-0.39, 0.29) is 42.7 Å². The highest BCUT2D eigenvalue weighted by molar-refractivity contribution is 5.70. The average molecular weight is 836 g/mol. The quantitative estimate of drug-likeness (QED) is 0.0260. The second-order valence-electron chi connectivity index (χ2n) is 18.4. The van der Waals surface area contributed by atoms with E-state index in [9.17, 15) is 19.5 Å². The molecule has 2 unspecified atom stereocenters. The van der Waals surface area contributed by atoms with Crippen LogP contribution in [-0.2, 0) is 28.6 Å². The van der Waals surface area contributed by atoms with E-state index in [1.807, 2.05) is 0 Å². The molecule has 0 amide bonds. The molecule has 0 saturated heterocycles. The van der Waals surface area contributed by atoms with Crippen molar-refractivity contribution in [2.45, 2.75) is 257 Å². The van der Waals surface area contributed by atoms with E-state index in [1.54, 1.807) is 21.1 Å². The molecule has 0 aliphatic heterocycles. The van der Waals surface area contributed by atoms with E-state index >= 15 is 0 Å². The zero-order valence-corrected chi connectivity index (χ0v) is 39.7. The molecule has 0 aromatic rings. The largest absolute Gasteiger partial charge is 0.544 e. The summed E-state index contributed by atoms with van der Waals surface area (Å²) in [7, 11) is 5.42. The van der Waals surface area contributed by atoms with Crippen LogP contribution in [0.3, 0.4) is 0 Å². The molecule has 0 radical (unpaired) electrons. The van der Waals surface area contributed by atoms with Gasteiger partial charge in [0.05, 0.1) is 40.3 Å². The summed E-state index contributed by atoms with van der Waals surface area (Å²) in [5.74, 6) is -1.73. The van der Waals surface area contributed by atoms with Crippen LogP contribution in [0.5, 0.6) is 0 Å². The topological polar surface area (TPSA) is 102 Å². The van der Waals surface area contributed by atoms with E-state index < -0.39 is 18.1 Å². The Hall–Kier alpha value is -1.93. The first-order valence-corrected chi connectivity index (χ1v) is 25.2. The third-order valence-corrected chi connectivity index (χ3v) is 11.7. The Morgan fingerprint density at radius 3 is 1.24 bits per heavy atom. The van der Waals surface area contributed by atoms with Crippen LogP contribution in [0.25, 0.3) is 0 Å². The molecule has 0 aromatic heterocycles. The Morgan fingerprint density at radius 2 is 0.847 bits per heavy atom. The first-order chi connectivity index (χ1) is 28.6. The van der Waals surface area contributed by atoms with Gasteiger partial charge in [0.2, 0.25) is 0 Å². The van der Waals surface area contributed by atoms with Gasteiger partial charge in [0, 0.05) is 19.3 Å².